The third kappa shape index (κ3) is 5.23. The smallest absolute Gasteiger partial charge is 0.313 e. The fraction of sp³-hybridized carbons (Fsp3) is 0.385. The Labute approximate surface area is 199 Å². The minimum absolute atomic E-state index is 0.198. The van der Waals surface area contributed by atoms with E-state index in [4.69, 9.17) is 21.1 Å². The van der Waals surface area contributed by atoms with Gasteiger partial charge in [-0.1, -0.05) is 25.4 Å². The van der Waals surface area contributed by atoms with E-state index in [1.54, 1.807) is 30.3 Å². The predicted octanol–water partition coefficient (Wildman–Crippen LogP) is 5.36. The number of rotatable bonds is 10. The van der Waals surface area contributed by atoms with Crippen LogP contribution in [0.1, 0.15) is 53.9 Å². The Morgan fingerprint density at radius 3 is 2.36 bits per heavy atom. The summed E-state index contributed by atoms with van der Waals surface area (Å²) in [4.78, 5) is 32.0. The zero-order valence-corrected chi connectivity index (χ0v) is 20.6. The van der Waals surface area contributed by atoms with Gasteiger partial charge in [0.2, 0.25) is 0 Å². The second-order valence-corrected chi connectivity index (χ2v) is 8.42. The van der Waals surface area contributed by atoms with E-state index < -0.39 is 5.92 Å². The zero-order chi connectivity index (χ0) is 24.1. The highest BCUT2D eigenvalue weighted by Crippen LogP contribution is 2.37. The molecule has 0 spiro atoms. The van der Waals surface area contributed by atoms with E-state index in [0.29, 0.717) is 40.4 Å². The molecule has 33 heavy (non-hydrogen) atoms. The number of aromatic nitrogens is 1. The highest BCUT2D eigenvalue weighted by atomic mass is 35.5. The number of halogens is 1. The molecule has 1 atom stereocenters. The van der Waals surface area contributed by atoms with E-state index in [2.05, 4.69) is 23.7 Å². The van der Waals surface area contributed by atoms with Crippen LogP contribution in [0.3, 0.4) is 0 Å². The third-order valence-corrected chi connectivity index (χ3v) is 6.30. The fourth-order valence-corrected chi connectivity index (χ4v) is 4.29. The molecule has 0 aliphatic rings. The number of fused-ring (bicyclic) bond motifs is 1. The molecule has 3 aromatic rings. The number of nitrogens with one attached hydrogen (secondary N) is 1. The second kappa shape index (κ2) is 10.9. The summed E-state index contributed by atoms with van der Waals surface area (Å²) in [7, 11) is 1.53. The summed E-state index contributed by atoms with van der Waals surface area (Å²) in [5.41, 5.74) is 3.23. The van der Waals surface area contributed by atoms with Crippen LogP contribution in [0.25, 0.3) is 10.9 Å². The lowest BCUT2D eigenvalue weighted by atomic mass is 9.91. The van der Waals surface area contributed by atoms with Crippen LogP contribution in [0, 0.1) is 6.92 Å². The average molecular weight is 471 g/mol. The Balaban J connectivity index is 2.02. The predicted molar refractivity (Wildman–Crippen MR) is 132 cm³/mol. The van der Waals surface area contributed by atoms with Crippen molar-refractivity contribution in [1.29, 1.82) is 0 Å². The minimum atomic E-state index is -0.556. The normalized spacial score (nSPS) is 12.2. The van der Waals surface area contributed by atoms with E-state index in [0.717, 1.165) is 29.9 Å². The maximum absolute atomic E-state index is 13.6. The monoisotopic (exact) mass is 470 g/mol. The van der Waals surface area contributed by atoms with Crippen molar-refractivity contribution in [2.45, 2.75) is 33.6 Å². The van der Waals surface area contributed by atoms with Crippen molar-refractivity contribution >= 4 is 34.3 Å². The zero-order valence-electron chi connectivity index (χ0n) is 19.8. The lowest BCUT2D eigenvalue weighted by molar-refractivity contribution is -0.145. The van der Waals surface area contributed by atoms with Gasteiger partial charge >= 0.3 is 5.97 Å². The molecule has 0 aliphatic carbocycles. The van der Waals surface area contributed by atoms with Crippen LogP contribution in [0.2, 0.25) is 5.02 Å². The van der Waals surface area contributed by atoms with E-state index >= 15 is 0 Å². The summed E-state index contributed by atoms with van der Waals surface area (Å²) in [6.45, 7) is 10.7. The largest absolute Gasteiger partial charge is 0.496 e. The first-order valence-electron chi connectivity index (χ1n) is 11.2. The van der Waals surface area contributed by atoms with Gasteiger partial charge in [-0.05, 0) is 68.9 Å². The van der Waals surface area contributed by atoms with Gasteiger partial charge in [-0.2, -0.15) is 0 Å². The standard InChI is InChI=1S/C26H31ClN2O4/c1-6-29(7-2)14-15-33-26(31)16(3)22-17(4)28-20-12-13-21(32-5)24(23(20)22)25(30)18-8-10-19(27)11-9-18/h8-13,16,28H,6-7,14-15H2,1-5H3. The molecule has 0 amide bonds. The van der Waals surface area contributed by atoms with Gasteiger partial charge in [-0.25, -0.2) is 0 Å². The third-order valence-electron chi connectivity index (χ3n) is 6.05. The number of hydrogen-bond donors (Lipinski definition) is 1. The van der Waals surface area contributed by atoms with Crippen LogP contribution in [0.15, 0.2) is 36.4 Å². The molecular weight excluding hydrogens is 440 g/mol. The number of carbonyl (C=O) groups is 2. The molecule has 0 fully saturated rings. The topological polar surface area (TPSA) is 71.6 Å². The van der Waals surface area contributed by atoms with Gasteiger partial charge < -0.3 is 19.4 Å². The molecule has 1 N–H and O–H groups in total. The number of nitrogens with zero attached hydrogens (tertiary/aromatic N) is 1. The van der Waals surface area contributed by atoms with Crippen molar-refractivity contribution in [3.8, 4) is 5.75 Å². The van der Waals surface area contributed by atoms with Crippen LogP contribution < -0.4 is 4.74 Å². The van der Waals surface area contributed by atoms with Crippen molar-refractivity contribution in [2.24, 2.45) is 0 Å². The summed E-state index contributed by atoms with van der Waals surface area (Å²) < 4.78 is 11.2. The number of H-pyrrole nitrogens is 1. The summed E-state index contributed by atoms with van der Waals surface area (Å²) in [6.07, 6.45) is 0. The molecule has 0 saturated heterocycles. The van der Waals surface area contributed by atoms with Crippen LogP contribution in [-0.4, -0.2) is 55.0 Å². The summed E-state index contributed by atoms with van der Waals surface area (Å²) in [5.74, 6) is -0.625. The van der Waals surface area contributed by atoms with Gasteiger partial charge in [0.15, 0.2) is 5.78 Å². The molecular formula is C26H31ClN2O4. The summed E-state index contributed by atoms with van der Waals surface area (Å²) in [6, 6.07) is 10.4. The van der Waals surface area contributed by atoms with Crippen molar-refractivity contribution < 1.29 is 19.1 Å². The number of hydrogen-bond acceptors (Lipinski definition) is 5. The van der Waals surface area contributed by atoms with Crippen LogP contribution in [-0.2, 0) is 9.53 Å². The maximum atomic E-state index is 13.6. The van der Waals surface area contributed by atoms with E-state index in [1.165, 1.54) is 7.11 Å². The van der Waals surface area contributed by atoms with Crippen molar-refractivity contribution in [3.05, 3.63) is 63.8 Å². The fourth-order valence-electron chi connectivity index (χ4n) is 4.16. The number of carbonyl (C=O) groups excluding carboxylic acids is 2. The molecule has 6 nitrogen and oxygen atoms in total. The molecule has 1 heterocycles. The van der Waals surface area contributed by atoms with E-state index in [9.17, 15) is 9.59 Å². The summed E-state index contributed by atoms with van der Waals surface area (Å²) >= 11 is 6.01. The van der Waals surface area contributed by atoms with Crippen molar-refractivity contribution in [1.82, 2.24) is 9.88 Å². The number of likely N-dealkylation sites (N-methyl/N-ethyl adjacent to an activating group) is 1. The average Bonchev–Trinajstić information content (AvgIpc) is 3.16. The molecule has 0 radical (unpaired) electrons. The Hall–Kier alpha value is -2.83. The Morgan fingerprint density at radius 2 is 1.76 bits per heavy atom. The van der Waals surface area contributed by atoms with E-state index in [-0.39, 0.29) is 11.8 Å². The molecule has 0 bridgehead atoms. The van der Waals surface area contributed by atoms with Crippen molar-refractivity contribution in [3.63, 3.8) is 0 Å². The number of esters is 1. The van der Waals surface area contributed by atoms with Crippen molar-refractivity contribution in [2.75, 3.05) is 33.4 Å². The van der Waals surface area contributed by atoms with Gasteiger partial charge in [0.1, 0.15) is 12.4 Å². The van der Waals surface area contributed by atoms with Crippen LogP contribution >= 0.6 is 11.6 Å². The number of ether oxygens (including phenoxy) is 2. The van der Waals surface area contributed by atoms with Gasteiger partial charge in [-0.15, -0.1) is 0 Å². The quantitative estimate of drug-likeness (QED) is 0.319. The van der Waals surface area contributed by atoms with Gasteiger partial charge in [0.25, 0.3) is 0 Å². The lowest BCUT2D eigenvalue weighted by Gasteiger charge is -2.19. The van der Waals surface area contributed by atoms with Gasteiger partial charge in [0, 0.05) is 33.7 Å². The molecule has 176 valence electrons. The highest BCUT2D eigenvalue weighted by molar-refractivity contribution is 6.30. The van der Waals surface area contributed by atoms with E-state index in [1.807, 2.05) is 19.9 Å². The minimum Gasteiger partial charge on any atom is -0.496 e. The Bertz CT molecular complexity index is 1130. The molecule has 0 aliphatic heterocycles. The first kappa shape index (κ1) is 24.8. The highest BCUT2D eigenvalue weighted by Gasteiger charge is 2.28. The summed E-state index contributed by atoms with van der Waals surface area (Å²) in [5, 5.41) is 1.23. The van der Waals surface area contributed by atoms with Crippen LogP contribution in [0.4, 0.5) is 0 Å². The Kier molecular flexibility index (Phi) is 8.16. The maximum Gasteiger partial charge on any atom is 0.313 e. The molecule has 3 rings (SSSR count). The molecule has 1 unspecified atom stereocenters. The molecule has 0 saturated carbocycles. The second-order valence-electron chi connectivity index (χ2n) is 7.98. The first-order chi connectivity index (χ1) is 15.8. The number of methoxy groups -OCH3 is 1. The number of ketones is 1. The number of benzene rings is 2. The molecule has 2 aromatic carbocycles. The Morgan fingerprint density at radius 1 is 1.09 bits per heavy atom. The molecule has 1 aromatic heterocycles. The SMILES string of the molecule is CCN(CC)CCOC(=O)C(C)c1c(C)[nH]c2ccc(OC)c(C(=O)c3ccc(Cl)cc3)c12. The number of aryl methyl sites for hydroxylation is 1. The van der Waals surface area contributed by atoms with Gasteiger partial charge in [0.05, 0.1) is 18.6 Å². The first-order valence-corrected chi connectivity index (χ1v) is 11.6. The number of aromatic amines is 1. The van der Waals surface area contributed by atoms with Gasteiger partial charge in [-0.3, -0.25) is 9.59 Å². The lowest BCUT2D eigenvalue weighted by Crippen LogP contribution is -2.28. The molecule has 7 heteroatoms. The van der Waals surface area contributed by atoms with Crippen LogP contribution in [0.5, 0.6) is 5.75 Å².